The molecule has 0 bridgehead atoms. The molecular formula is C16H12F3NO. The number of hydrogen-bond donors (Lipinski definition) is 0. The average Bonchev–Trinajstić information content (AvgIpc) is 2.46. The summed E-state index contributed by atoms with van der Waals surface area (Å²) in [5, 5.41) is 8.83. The number of benzene rings is 2. The molecule has 21 heavy (non-hydrogen) atoms. The van der Waals surface area contributed by atoms with Crippen molar-refractivity contribution in [2.45, 2.75) is 19.7 Å². The molecule has 0 heterocycles. The van der Waals surface area contributed by atoms with Crippen LogP contribution in [0.5, 0.6) is 5.75 Å². The summed E-state index contributed by atoms with van der Waals surface area (Å²) in [4.78, 5) is 0. The Labute approximate surface area is 120 Å². The highest BCUT2D eigenvalue weighted by Gasteiger charge is 2.30. The quantitative estimate of drug-likeness (QED) is 0.836. The lowest BCUT2D eigenvalue weighted by Crippen LogP contribution is -2.06. The first-order valence-electron chi connectivity index (χ1n) is 6.20. The van der Waals surface area contributed by atoms with Gasteiger partial charge in [0.25, 0.3) is 0 Å². The van der Waals surface area contributed by atoms with Gasteiger partial charge in [0.05, 0.1) is 17.2 Å². The third-order valence-corrected chi connectivity index (χ3v) is 2.97. The van der Waals surface area contributed by atoms with E-state index in [0.29, 0.717) is 16.9 Å². The van der Waals surface area contributed by atoms with Crippen molar-refractivity contribution >= 4 is 0 Å². The van der Waals surface area contributed by atoms with Crippen LogP contribution in [-0.4, -0.2) is 0 Å². The van der Waals surface area contributed by atoms with E-state index in [2.05, 4.69) is 0 Å². The number of nitrogens with zero attached hydrogens (tertiary/aromatic N) is 1. The minimum absolute atomic E-state index is 0.0135. The highest BCUT2D eigenvalue weighted by Crippen LogP contribution is 2.30. The summed E-state index contributed by atoms with van der Waals surface area (Å²) in [5.41, 5.74) is 0.985. The zero-order chi connectivity index (χ0) is 15.5. The van der Waals surface area contributed by atoms with Crippen molar-refractivity contribution in [2.75, 3.05) is 0 Å². The van der Waals surface area contributed by atoms with Gasteiger partial charge in [0.1, 0.15) is 12.4 Å². The van der Waals surface area contributed by atoms with Crippen LogP contribution in [0.3, 0.4) is 0 Å². The molecule has 0 saturated heterocycles. The van der Waals surface area contributed by atoms with Gasteiger partial charge in [-0.05, 0) is 42.3 Å². The first kappa shape index (κ1) is 14.9. The van der Waals surface area contributed by atoms with Gasteiger partial charge in [-0.15, -0.1) is 0 Å². The Hall–Kier alpha value is -2.48. The first-order valence-corrected chi connectivity index (χ1v) is 6.20. The Morgan fingerprint density at radius 1 is 1.14 bits per heavy atom. The van der Waals surface area contributed by atoms with Crippen molar-refractivity contribution in [2.24, 2.45) is 0 Å². The molecule has 0 saturated carbocycles. The number of rotatable bonds is 3. The molecular weight excluding hydrogens is 279 g/mol. The summed E-state index contributed by atoms with van der Waals surface area (Å²) in [6, 6.07) is 12.0. The Morgan fingerprint density at radius 2 is 1.90 bits per heavy atom. The van der Waals surface area contributed by atoms with Gasteiger partial charge in [-0.2, -0.15) is 18.4 Å². The van der Waals surface area contributed by atoms with Crippen LogP contribution < -0.4 is 4.74 Å². The van der Waals surface area contributed by atoms with Crippen molar-refractivity contribution in [3.05, 3.63) is 64.7 Å². The molecule has 0 unspecified atom stereocenters. The van der Waals surface area contributed by atoms with Crippen LogP contribution in [0.4, 0.5) is 13.2 Å². The molecule has 108 valence electrons. The molecule has 2 nitrogen and oxygen atoms in total. The number of alkyl halides is 3. The molecule has 0 amide bonds. The van der Waals surface area contributed by atoms with Crippen molar-refractivity contribution in [1.29, 1.82) is 5.26 Å². The van der Waals surface area contributed by atoms with Crippen LogP contribution >= 0.6 is 0 Å². The van der Waals surface area contributed by atoms with Crippen LogP contribution in [-0.2, 0) is 12.8 Å². The molecule has 2 aromatic rings. The van der Waals surface area contributed by atoms with E-state index in [0.717, 1.165) is 17.7 Å². The molecule has 5 heteroatoms. The molecule has 0 aromatic heterocycles. The summed E-state index contributed by atoms with van der Waals surface area (Å²) in [5.74, 6) is 0.492. The van der Waals surface area contributed by atoms with E-state index in [1.54, 1.807) is 24.3 Å². The van der Waals surface area contributed by atoms with Crippen LogP contribution in [0, 0.1) is 18.3 Å². The summed E-state index contributed by atoms with van der Waals surface area (Å²) in [6.07, 6.45) is -4.37. The smallest absolute Gasteiger partial charge is 0.416 e. The lowest BCUT2D eigenvalue weighted by atomic mass is 10.1. The predicted octanol–water partition coefficient (Wildman–Crippen LogP) is 4.46. The van der Waals surface area contributed by atoms with E-state index in [1.165, 1.54) is 6.07 Å². The Morgan fingerprint density at radius 3 is 2.57 bits per heavy atom. The molecule has 0 aliphatic carbocycles. The normalized spacial score (nSPS) is 11.0. The Balaban J connectivity index is 2.16. The van der Waals surface area contributed by atoms with Gasteiger partial charge in [-0.25, -0.2) is 0 Å². The fourth-order valence-electron chi connectivity index (χ4n) is 1.82. The number of aryl methyl sites for hydroxylation is 1. The summed E-state index contributed by atoms with van der Waals surface area (Å²) < 4.78 is 43.4. The second-order valence-electron chi connectivity index (χ2n) is 4.58. The number of halogens is 3. The van der Waals surface area contributed by atoms with Gasteiger partial charge in [0.2, 0.25) is 0 Å². The zero-order valence-corrected chi connectivity index (χ0v) is 11.2. The highest BCUT2D eigenvalue weighted by atomic mass is 19.4. The maximum Gasteiger partial charge on any atom is 0.416 e. The highest BCUT2D eigenvalue weighted by molar-refractivity contribution is 5.42. The number of ether oxygens (including phenoxy) is 1. The standard InChI is InChI=1S/C16H12F3NO/c1-11-5-6-12(9-20)8-15(11)21-10-13-3-2-4-14(7-13)16(17,18)19/h2-8H,10H2,1H3. The molecule has 0 aliphatic rings. The lowest BCUT2D eigenvalue weighted by Gasteiger charge is -2.11. The van der Waals surface area contributed by atoms with Crippen molar-refractivity contribution in [1.82, 2.24) is 0 Å². The maximum atomic E-state index is 12.6. The first-order chi connectivity index (χ1) is 9.90. The molecule has 0 fully saturated rings. The van der Waals surface area contributed by atoms with Gasteiger partial charge in [-0.3, -0.25) is 0 Å². The summed E-state index contributed by atoms with van der Waals surface area (Å²) in [6.45, 7) is 1.82. The molecule has 2 rings (SSSR count). The van der Waals surface area contributed by atoms with Gasteiger partial charge in [0.15, 0.2) is 0 Å². The van der Waals surface area contributed by atoms with E-state index < -0.39 is 11.7 Å². The fourth-order valence-corrected chi connectivity index (χ4v) is 1.82. The van der Waals surface area contributed by atoms with Gasteiger partial charge in [-0.1, -0.05) is 18.2 Å². The van der Waals surface area contributed by atoms with Crippen molar-refractivity contribution < 1.29 is 17.9 Å². The second-order valence-corrected chi connectivity index (χ2v) is 4.58. The van der Waals surface area contributed by atoms with Crippen molar-refractivity contribution in [3.8, 4) is 11.8 Å². The van der Waals surface area contributed by atoms with Gasteiger partial charge < -0.3 is 4.74 Å². The Kier molecular flexibility index (Phi) is 4.18. The van der Waals surface area contributed by atoms with Crippen LogP contribution in [0.15, 0.2) is 42.5 Å². The lowest BCUT2D eigenvalue weighted by molar-refractivity contribution is -0.137. The van der Waals surface area contributed by atoms with Gasteiger partial charge in [0, 0.05) is 0 Å². The number of nitriles is 1. The zero-order valence-electron chi connectivity index (χ0n) is 11.2. The summed E-state index contributed by atoms with van der Waals surface area (Å²) in [7, 11) is 0. The average molecular weight is 291 g/mol. The minimum Gasteiger partial charge on any atom is -0.489 e. The van der Waals surface area contributed by atoms with E-state index in [9.17, 15) is 13.2 Å². The van der Waals surface area contributed by atoms with Crippen molar-refractivity contribution in [3.63, 3.8) is 0 Å². The van der Waals surface area contributed by atoms with Crippen LogP contribution in [0.2, 0.25) is 0 Å². The molecule has 0 radical (unpaired) electrons. The monoisotopic (exact) mass is 291 g/mol. The van der Waals surface area contributed by atoms with E-state index in [4.69, 9.17) is 10.00 Å². The van der Waals surface area contributed by atoms with Crippen LogP contribution in [0.1, 0.15) is 22.3 Å². The summed E-state index contributed by atoms with van der Waals surface area (Å²) >= 11 is 0. The van der Waals surface area contributed by atoms with E-state index >= 15 is 0 Å². The van der Waals surface area contributed by atoms with Crippen LogP contribution in [0.25, 0.3) is 0 Å². The third kappa shape index (κ3) is 3.76. The Bertz CT molecular complexity index is 687. The third-order valence-electron chi connectivity index (χ3n) is 2.97. The fraction of sp³-hybridized carbons (Fsp3) is 0.188. The van der Waals surface area contributed by atoms with E-state index in [1.807, 2.05) is 13.0 Å². The minimum atomic E-state index is -4.37. The molecule has 0 spiro atoms. The number of hydrogen-bond acceptors (Lipinski definition) is 2. The molecule has 0 aliphatic heterocycles. The maximum absolute atomic E-state index is 12.6. The van der Waals surface area contributed by atoms with E-state index in [-0.39, 0.29) is 6.61 Å². The van der Waals surface area contributed by atoms with Gasteiger partial charge >= 0.3 is 6.18 Å². The SMILES string of the molecule is Cc1ccc(C#N)cc1OCc1cccc(C(F)(F)F)c1. The molecule has 2 aromatic carbocycles. The molecule has 0 N–H and O–H groups in total. The molecule has 0 atom stereocenters. The topological polar surface area (TPSA) is 33.0 Å². The second kappa shape index (κ2) is 5.88. The largest absolute Gasteiger partial charge is 0.489 e. The predicted molar refractivity (Wildman–Crippen MR) is 71.7 cm³/mol.